The van der Waals surface area contributed by atoms with Gasteiger partial charge in [0.1, 0.15) is 11.6 Å². The molecule has 6 nitrogen and oxygen atoms in total. The van der Waals surface area contributed by atoms with E-state index in [9.17, 15) is 9.18 Å². The number of hydrogen-bond donors (Lipinski definition) is 3. The van der Waals surface area contributed by atoms with Crippen molar-refractivity contribution >= 4 is 16.9 Å². The maximum Gasteiger partial charge on any atom is 0.254 e. The predicted octanol–water partition coefficient (Wildman–Crippen LogP) is 1.36. The topological polar surface area (TPSA) is 86.5 Å². The van der Waals surface area contributed by atoms with Crippen molar-refractivity contribution in [3.63, 3.8) is 0 Å². The summed E-state index contributed by atoms with van der Waals surface area (Å²) in [7, 11) is 0. The Labute approximate surface area is 107 Å². The number of aromatic nitrogens is 4. The van der Waals surface area contributed by atoms with E-state index in [0.29, 0.717) is 22.4 Å². The van der Waals surface area contributed by atoms with E-state index in [1.54, 1.807) is 6.07 Å². The van der Waals surface area contributed by atoms with Crippen LogP contribution in [0.25, 0.3) is 11.0 Å². The van der Waals surface area contributed by atoms with Gasteiger partial charge in [-0.3, -0.25) is 9.89 Å². The number of imidazole rings is 1. The van der Waals surface area contributed by atoms with Gasteiger partial charge in [-0.1, -0.05) is 0 Å². The average Bonchev–Trinajstić information content (AvgIpc) is 3.04. The molecule has 3 rings (SSSR count). The van der Waals surface area contributed by atoms with Crippen LogP contribution in [0.1, 0.15) is 16.2 Å². The molecule has 96 valence electrons. The molecule has 2 aromatic heterocycles. The number of halogens is 1. The second kappa shape index (κ2) is 4.52. The Bertz CT molecular complexity index is 719. The van der Waals surface area contributed by atoms with Crippen molar-refractivity contribution in [3.8, 4) is 0 Å². The summed E-state index contributed by atoms with van der Waals surface area (Å²) in [6, 6.07) is 4.29. The third-order valence-corrected chi connectivity index (χ3v) is 2.67. The predicted molar refractivity (Wildman–Crippen MR) is 65.8 cm³/mol. The summed E-state index contributed by atoms with van der Waals surface area (Å²) in [5.41, 5.74) is 1.71. The van der Waals surface area contributed by atoms with Crippen LogP contribution in [-0.2, 0) is 6.54 Å². The van der Waals surface area contributed by atoms with Gasteiger partial charge < -0.3 is 10.3 Å². The Morgan fingerprint density at radius 3 is 3.11 bits per heavy atom. The van der Waals surface area contributed by atoms with E-state index in [4.69, 9.17) is 0 Å². The lowest BCUT2D eigenvalue weighted by Crippen LogP contribution is -2.22. The van der Waals surface area contributed by atoms with Gasteiger partial charge in [-0.2, -0.15) is 5.10 Å². The van der Waals surface area contributed by atoms with Crippen LogP contribution in [0.4, 0.5) is 4.39 Å². The Morgan fingerprint density at radius 2 is 2.32 bits per heavy atom. The first-order chi connectivity index (χ1) is 9.22. The Kier molecular flexibility index (Phi) is 2.71. The molecule has 0 fully saturated rings. The van der Waals surface area contributed by atoms with Crippen molar-refractivity contribution in [1.29, 1.82) is 0 Å². The first-order valence-corrected chi connectivity index (χ1v) is 5.63. The van der Waals surface area contributed by atoms with E-state index in [2.05, 4.69) is 25.5 Å². The maximum absolute atomic E-state index is 13.0. The number of nitrogens with one attached hydrogen (secondary N) is 3. The summed E-state index contributed by atoms with van der Waals surface area (Å²) in [6.07, 6.45) is 2.94. The fourth-order valence-corrected chi connectivity index (χ4v) is 1.76. The SMILES string of the molecule is O=C(NCc1nc2ccc(F)cc2[nH]1)c1cn[nH]c1. The van der Waals surface area contributed by atoms with Gasteiger partial charge in [0.15, 0.2) is 0 Å². The second-order valence-corrected chi connectivity index (χ2v) is 4.01. The van der Waals surface area contributed by atoms with Crippen molar-refractivity contribution in [1.82, 2.24) is 25.5 Å². The standard InChI is InChI=1S/C12H10FN5O/c13-8-1-2-9-10(3-8)18-11(17-9)6-14-12(19)7-4-15-16-5-7/h1-5H,6H2,(H,14,19)(H,15,16)(H,17,18). The molecule has 3 N–H and O–H groups in total. The number of carbonyl (C=O) groups is 1. The third kappa shape index (κ3) is 2.30. The van der Waals surface area contributed by atoms with Crippen molar-refractivity contribution in [2.45, 2.75) is 6.54 Å². The number of aromatic amines is 2. The van der Waals surface area contributed by atoms with Gasteiger partial charge in [-0.15, -0.1) is 0 Å². The van der Waals surface area contributed by atoms with Crippen LogP contribution in [0.15, 0.2) is 30.6 Å². The minimum absolute atomic E-state index is 0.236. The molecule has 0 bridgehead atoms. The zero-order chi connectivity index (χ0) is 13.2. The van der Waals surface area contributed by atoms with Crippen LogP contribution in [0.2, 0.25) is 0 Å². The number of amides is 1. The highest BCUT2D eigenvalue weighted by molar-refractivity contribution is 5.93. The van der Waals surface area contributed by atoms with Crippen LogP contribution in [0, 0.1) is 5.82 Å². The van der Waals surface area contributed by atoms with E-state index in [0.717, 1.165) is 0 Å². The van der Waals surface area contributed by atoms with E-state index >= 15 is 0 Å². The zero-order valence-corrected chi connectivity index (χ0v) is 9.77. The minimum Gasteiger partial charge on any atom is -0.345 e. The molecular weight excluding hydrogens is 249 g/mol. The van der Waals surface area contributed by atoms with Crippen LogP contribution < -0.4 is 5.32 Å². The highest BCUT2D eigenvalue weighted by atomic mass is 19.1. The molecule has 0 spiro atoms. The first kappa shape index (κ1) is 11.4. The van der Waals surface area contributed by atoms with Crippen molar-refractivity contribution in [3.05, 3.63) is 47.8 Å². The molecule has 1 aromatic carbocycles. The monoisotopic (exact) mass is 259 g/mol. The molecule has 19 heavy (non-hydrogen) atoms. The molecule has 0 aliphatic heterocycles. The summed E-state index contributed by atoms with van der Waals surface area (Å²) in [5.74, 6) is -0.0111. The number of fused-ring (bicyclic) bond motifs is 1. The molecule has 2 heterocycles. The third-order valence-electron chi connectivity index (χ3n) is 2.67. The van der Waals surface area contributed by atoms with Crippen molar-refractivity contribution < 1.29 is 9.18 Å². The zero-order valence-electron chi connectivity index (χ0n) is 9.77. The van der Waals surface area contributed by atoms with Crippen LogP contribution >= 0.6 is 0 Å². The summed E-state index contributed by atoms with van der Waals surface area (Å²) in [5, 5.41) is 8.94. The summed E-state index contributed by atoms with van der Waals surface area (Å²) in [6.45, 7) is 0.236. The van der Waals surface area contributed by atoms with Crippen molar-refractivity contribution in [2.75, 3.05) is 0 Å². The minimum atomic E-state index is -0.329. The number of rotatable bonds is 3. The largest absolute Gasteiger partial charge is 0.345 e. The Morgan fingerprint density at radius 1 is 1.42 bits per heavy atom. The van der Waals surface area contributed by atoms with E-state index in [1.165, 1.54) is 24.5 Å². The molecule has 0 radical (unpaired) electrons. The highest BCUT2D eigenvalue weighted by Crippen LogP contribution is 2.12. The van der Waals surface area contributed by atoms with Gasteiger partial charge in [0.25, 0.3) is 5.91 Å². The molecule has 3 aromatic rings. The van der Waals surface area contributed by atoms with Gasteiger partial charge in [0, 0.05) is 6.20 Å². The molecule has 0 aliphatic rings. The summed E-state index contributed by atoms with van der Waals surface area (Å²) >= 11 is 0. The normalized spacial score (nSPS) is 10.8. The number of H-pyrrole nitrogens is 2. The van der Waals surface area contributed by atoms with Gasteiger partial charge in [-0.25, -0.2) is 9.37 Å². The number of hydrogen-bond acceptors (Lipinski definition) is 3. The Hall–Kier alpha value is -2.70. The lowest BCUT2D eigenvalue weighted by Gasteiger charge is -1.99. The van der Waals surface area contributed by atoms with Crippen LogP contribution in [0.3, 0.4) is 0 Å². The fraction of sp³-hybridized carbons (Fsp3) is 0.0833. The number of benzene rings is 1. The molecule has 0 saturated carbocycles. The first-order valence-electron chi connectivity index (χ1n) is 5.63. The molecule has 7 heteroatoms. The van der Waals surface area contributed by atoms with Gasteiger partial charge >= 0.3 is 0 Å². The molecule has 0 unspecified atom stereocenters. The van der Waals surface area contributed by atoms with Gasteiger partial charge in [0.05, 0.1) is 29.3 Å². The molecule has 0 aliphatic carbocycles. The lowest BCUT2D eigenvalue weighted by atomic mass is 10.3. The number of nitrogens with zero attached hydrogens (tertiary/aromatic N) is 2. The van der Waals surface area contributed by atoms with E-state index in [1.807, 2.05) is 0 Å². The van der Waals surface area contributed by atoms with Gasteiger partial charge in [-0.05, 0) is 18.2 Å². The Balaban J connectivity index is 1.73. The maximum atomic E-state index is 13.0. The van der Waals surface area contributed by atoms with Gasteiger partial charge in [0.2, 0.25) is 0 Å². The lowest BCUT2D eigenvalue weighted by molar-refractivity contribution is 0.0950. The quantitative estimate of drug-likeness (QED) is 0.663. The van der Waals surface area contributed by atoms with Crippen LogP contribution in [0.5, 0.6) is 0 Å². The van der Waals surface area contributed by atoms with Crippen molar-refractivity contribution in [2.24, 2.45) is 0 Å². The smallest absolute Gasteiger partial charge is 0.254 e. The number of carbonyl (C=O) groups excluding carboxylic acids is 1. The second-order valence-electron chi connectivity index (χ2n) is 4.01. The molecule has 1 amide bonds. The molecule has 0 saturated heterocycles. The summed E-state index contributed by atoms with van der Waals surface area (Å²) in [4.78, 5) is 18.9. The van der Waals surface area contributed by atoms with E-state index < -0.39 is 0 Å². The highest BCUT2D eigenvalue weighted by Gasteiger charge is 2.08. The fourth-order valence-electron chi connectivity index (χ4n) is 1.76. The van der Waals surface area contributed by atoms with E-state index in [-0.39, 0.29) is 18.3 Å². The van der Waals surface area contributed by atoms with Crippen LogP contribution in [-0.4, -0.2) is 26.1 Å². The molecule has 0 atom stereocenters. The average molecular weight is 259 g/mol. The summed E-state index contributed by atoms with van der Waals surface area (Å²) < 4.78 is 13.0. The molecular formula is C12H10FN5O.